The summed E-state index contributed by atoms with van der Waals surface area (Å²) in [6.45, 7) is 10.7. The van der Waals surface area contributed by atoms with E-state index in [1.54, 1.807) is 25.4 Å². The van der Waals surface area contributed by atoms with Crippen LogP contribution in [-0.2, 0) is 5.41 Å². The second-order valence-electron chi connectivity index (χ2n) is 8.34. The number of benzene rings is 1. The highest BCUT2D eigenvalue weighted by atomic mass is 28.3. The van der Waals surface area contributed by atoms with Gasteiger partial charge in [-0.2, -0.15) is 9.78 Å². The third-order valence-electron chi connectivity index (χ3n) is 4.52. The highest BCUT2D eigenvalue weighted by Gasteiger charge is 2.24. The van der Waals surface area contributed by atoms with Crippen LogP contribution in [0.3, 0.4) is 0 Å². The molecule has 0 aliphatic rings. The van der Waals surface area contributed by atoms with Crippen molar-refractivity contribution < 1.29 is 14.3 Å². The lowest BCUT2D eigenvalue weighted by Gasteiger charge is -2.26. The molecule has 0 saturated carbocycles. The quantitative estimate of drug-likeness (QED) is 0.576. The predicted octanol–water partition coefficient (Wildman–Crippen LogP) is 4.81. The molecule has 0 spiro atoms. The number of ether oxygens (including phenoxy) is 1. The zero-order valence-corrected chi connectivity index (χ0v) is 19.5. The maximum absolute atomic E-state index is 10.3. The van der Waals surface area contributed by atoms with Crippen LogP contribution in [0.25, 0.3) is 18.0 Å². The first-order valence-electron chi connectivity index (χ1n) is 9.97. The van der Waals surface area contributed by atoms with Crippen LogP contribution in [0.2, 0.25) is 13.1 Å². The van der Waals surface area contributed by atoms with Gasteiger partial charge in [-0.15, -0.1) is 0 Å². The van der Waals surface area contributed by atoms with E-state index in [0.717, 1.165) is 22.6 Å². The Labute approximate surface area is 179 Å². The normalized spacial score (nSPS) is 12.0. The molecule has 3 rings (SSSR count). The average Bonchev–Trinajstić information content (AvgIpc) is 3.06. The van der Waals surface area contributed by atoms with Crippen molar-refractivity contribution in [2.75, 3.05) is 7.11 Å². The zero-order chi connectivity index (χ0) is 21.9. The molecule has 6 nitrogen and oxygen atoms in total. The minimum Gasteiger partial charge on any atom is -0.544 e. The molecule has 158 valence electrons. The van der Waals surface area contributed by atoms with Gasteiger partial charge >= 0.3 is 0 Å². The minimum absolute atomic E-state index is 0.0278. The molecule has 2 heterocycles. The largest absolute Gasteiger partial charge is 0.544 e. The van der Waals surface area contributed by atoms with E-state index in [1.165, 1.54) is 4.68 Å². The maximum atomic E-state index is 10.3. The lowest BCUT2D eigenvalue weighted by Crippen LogP contribution is -2.17. The highest BCUT2D eigenvalue weighted by molar-refractivity contribution is 6.49. The lowest BCUT2D eigenvalue weighted by atomic mass is 9.85. The van der Waals surface area contributed by atoms with Crippen LogP contribution >= 0.6 is 0 Å². The summed E-state index contributed by atoms with van der Waals surface area (Å²) in [6, 6.07) is 11.2. The number of hydrogen-bond donors (Lipinski definition) is 1. The third kappa shape index (κ3) is 4.73. The van der Waals surface area contributed by atoms with Gasteiger partial charge in [-0.05, 0) is 42.8 Å². The van der Waals surface area contributed by atoms with E-state index < -0.39 is 9.04 Å². The molecule has 0 atom stereocenters. The SMILES string of the molecule is COc1c(C(C)(C)C)ccc(/C=C/c2cc(O)n(-c3ccccn3)n2)c1O[SiH](C)C. The summed E-state index contributed by atoms with van der Waals surface area (Å²) >= 11 is 0. The summed E-state index contributed by atoms with van der Waals surface area (Å²) in [5.74, 6) is 2.12. The maximum Gasteiger partial charge on any atom is 0.229 e. The van der Waals surface area contributed by atoms with Gasteiger partial charge < -0.3 is 14.3 Å². The van der Waals surface area contributed by atoms with Crippen LogP contribution in [0.4, 0.5) is 0 Å². The first kappa shape index (κ1) is 21.6. The lowest BCUT2D eigenvalue weighted by molar-refractivity contribution is 0.378. The van der Waals surface area contributed by atoms with Gasteiger partial charge in [0.15, 0.2) is 17.3 Å². The van der Waals surface area contributed by atoms with Gasteiger partial charge in [0.05, 0.1) is 12.8 Å². The van der Waals surface area contributed by atoms with E-state index in [2.05, 4.69) is 50.0 Å². The third-order valence-corrected chi connectivity index (χ3v) is 5.22. The Morgan fingerprint density at radius 3 is 2.43 bits per heavy atom. The molecule has 0 fully saturated rings. The Balaban J connectivity index is 2.01. The van der Waals surface area contributed by atoms with Crippen LogP contribution < -0.4 is 9.16 Å². The van der Waals surface area contributed by atoms with Crippen molar-refractivity contribution in [1.29, 1.82) is 0 Å². The number of aromatic nitrogens is 3. The number of rotatable bonds is 6. The number of pyridine rings is 1. The molecular formula is C23H29N3O3Si. The van der Waals surface area contributed by atoms with Crippen molar-refractivity contribution in [3.8, 4) is 23.2 Å². The van der Waals surface area contributed by atoms with Gasteiger partial charge in [0.1, 0.15) is 0 Å². The fourth-order valence-corrected chi connectivity index (χ4v) is 3.87. The molecule has 0 radical (unpaired) electrons. The van der Waals surface area contributed by atoms with Crippen molar-refractivity contribution in [1.82, 2.24) is 14.8 Å². The van der Waals surface area contributed by atoms with Crippen molar-refractivity contribution >= 4 is 21.2 Å². The topological polar surface area (TPSA) is 69.4 Å². The first-order valence-corrected chi connectivity index (χ1v) is 12.8. The van der Waals surface area contributed by atoms with Crippen LogP contribution in [-0.4, -0.2) is 36.0 Å². The number of aromatic hydroxyl groups is 1. The standard InChI is InChI=1S/C23H29N3O3Si/c1-23(2,3)18-13-11-16(21(22(18)28-4)29-30(5)6)10-12-17-15-20(27)26(25-17)19-9-7-8-14-24-19/h7-15,27,30H,1-6H3/b12-10+. The molecule has 1 aromatic carbocycles. The van der Waals surface area contributed by atoms with Crippen LogP contribution in [0.15, 0.2) is 42.6 Å². The van der Waals surface area contributed by atoms with E-state index >= 15 is 0 Å². The van der Waals surface area contributed by atoms with Crippen LogP contribution in [0.5, 0.6) is 17.4 Å². The molecular weight excluding hydrogens is 394 g/mol. The molecule has 1 N–H and O–H groups in total. The van der Waals surface area contributed by atoms with E-state index in [-0.39, 0.29) is 11.3 Å². The molecule has 7 heteroatoms. The van der Waals surface area contributed by atoms with Gasteiger partial charge in [-0.1, -0.05) is 39.0 Å². The van der Waals surface area contributed by atoms with E-state index in [9.17, 15) is 5.11 Å². The van der Waals surface area contributed by atoms with Crippen molar-refractivity contribution in [2.45, 2.75) is 39.3 Å². The first-order chi connectivity index (χ1) is 14.2. The summed E-state index contributed by atoms with van der Waals surface area (Å²) in [4.78, 5) is 4.23. The number of nitrogens with zero attached hydrogens (tertiary/aromatic N) is 3. The molecule has 3 aromatic rings. The highest BCUT2D eigenvalue weighted by Crippen LogP contribution is 2.41. The van der Waals surface area contributed by atoms with E-state index in [0.29, 0.717) is 11.5 Å². The van der Waals surface area contributed by atoms with E-state index in [4.69, 9.17) is 9.16 Å². The molecule has 0 aliphatic carbocycles. The van der Waals surface area contributed by atoms with Gasteiger partial charge in [0, 0.05) is 23.4 Å². The molecule has 0 aliphatic heterocycles. The molecule has 0 saturated heterocycles. The van der Waals surface area contributed by atoms with Crippen molar-refractivity contribution in [3.63, 3.8) is 0 Å². The molecule has 0 amide bonds. The summed E-state index contributed by atoms with van der Waals surface area (Å²) in [6.07, 6.45) is 5.44. The Hall–Kier alpha value is -3.06. The summed E-state index contributed by atoms with van der Waals surface area (Å²) in [5.41, 5.74) is 2.55. The van der Waals surface area contributed by atoms with Gasteiger partial charge in [0.2, 0.25) is 14.9 Å². The summed E-state index contributed by atoms with van der Waals surface area (Å²) in [7, 11) is 0.312. The minimum atomic E-state index is -1.37. The Morgan fingerprint density at radius 1 is 1.07 bits per heavy atom. The fraction of sp³-hybridized carbons (Fsp3) is 0.304. The smallest absolute Gasteiger partial charge is 0.229 e. The molecule has 2 aromatic heterocycles. The average molecular weight is 424 g/mol. The Bertz CT molecular complexity index is 1040. The molecule has 30 heavy (non-hydrogen) atoms. The Kier molecular flexibility index (Phi) is 6.31. The fourth-order valence-electron chi connectivity index (χ4n) is 3.15. The van der Waals surface area contributed by atoms with Gasteiger partial charge in [0.25, 0.3) is 0 Å². The van der Waals surface area contributed by atoms with Crippen LogP contribution in [0, 0.1) is 0 Å². The second-order valence-corrected chi connectivity index (χ2v) is 10.7. The van der Waals surface area contributed by atoms with Crippen molar-refractivity contribution in [2.24, 2.45) is 0 Å². The van der Waals surface area contributed by atoms with E-state index in [1.807, 2.05) is 30.4 Å². The second kappa shape index (κ2) is 8.75. The molecule has 0 bridgehead atoms. The van der Waals surface area contributed by atoms with Crippen molar-refractivity contribution in [3.05, 3.63) is 59.4 Å². The monoisotopic (exact) mass is 423 g/mol. The number of hydrogen-bond acceptors (Lipinski definition) is 5. The summed E-state index contributed by atoms with van der Waals surface area (Å²) < 4.78 is 13.4. The molecule has 0 unspecified atom stereocenters. The summed E-state index contributed by atoms with van der Waals surface area (Å²) in [5, 5.41) is 14.7. The predicted molar refractivity (Wildman–Crippen MR) is 123 cm³/mol. The zero-order valence-electron chi connectivity index (χ0n) is 18.4. The number of methoxy groups -OCH3 is 1. The Morgan fingerprint density at radius 2 is 1.83 bits per heavy atom. The van der Waals surface area contributed by atoms with Crippen LogP contribution in [0.1, 0.15) is 37.6 Å². The van der Waals surface area contributed by atoms with Gasteiger partial charge in [-0.3, -0.25) is 0 Å². The van der Waals surface area contributed by atoms with Gasteiger partial charge in [-0.25, -0.2) is 4.98 Å².